The highest BCUT2D eigenvalue weighted by molar-refractivity contribution is 5.32. The average Bonchev–Trinajstić information content (AvgIpc) is 3.04. The van der Waals surface area contributed by atoms with Crippen LogP contribution in [-0.2, 0) is 0 Å². The zero-order valence-electron chi connectivity index (χ0n) is 12.1. The Morgan fingerprint density at radius 2 is 2.10 bits per heavy atom. The van der Waals surface area contributed by atoms with Gasteiger partial charge in [-0.25, -0.2) is 4.68 Å². The molecule has 0 bridgehead atoms. The molecule has 5 nitrogen and oxygen atoms in total. The van der Waals surface area contributed by atoms with Gasteiger partial charge >= 0.3 is 0 Å². The number of rotatable bonds is 5. The second kappa shape index (κ2) is 6.65. The average molecular weight is 283 g/mol. The molecular weight excluding hydrogens is 262 g/mol. The van der Waals surface area contributed by atoms with Crippen LogP contribution >= 0.6 is 0 Å². The quantitative estimate of drug-likeness (QED) is 0.503. The number of allylic oxidation sites excluding steroid dienone is 1. The first-order valence-electron chi connectivity index (χ1n) is 7.48. The van der Waals surface area contributed by atoms with E-state index in [4.69, 9.17) is 5.84 Å². The lowest BCUT2D eigenvalue weighted by Crippen LogP contribution is -2.30. The number of aromatic nitrogens is 3. The summed E-state index contributed by atoms with van der Waals surface area (Å²) in [6, 6.07) is 10.1. The second-order valence-corrected chi connectivity index (χ2v) is 5.44. The lowest BCUT2D eigenvalue weighted by molar-refractivity contribution is 0.504. The molecule has 5 heteroatoms. The number of benzene rings is 1. The fourth-order valence-electron chi connectivity index (χ4n) is 2.85. The summed E-state index contributed by atoms with van der Waals surface area (Å²) in [6.45, 7) is 0. The molecular formula is C16H21N5. The minimum absolute atomic E-state index is 0.0320. The van der Waals surface area contributed by atoms with Gasteiger partial charge in [0.05, 0.1) is 23.6 Å². The number of nitrogens with two attached hydrogens (primary N) is 1. The third-order valence-corrected chi connectivity index (χ3v) is 3.99. The molecule has 1 unspecified atom stereocenters. The van der Waals surface area contributed by atoms with Gasteiger partial charge < -0.3 is 0 Å². The van der Waals surface area contributed by atoms with E-state index in [-0.39, 0.29) is 6.04 Å². The molecule has 1 heterocycles. The number of para-hydroxylation sites is 1. The molecule has 1 aliphatic carbocycles. The molecule has 1 aliphatic rings. The predicted molar refractivity (Wildman–Crippen MR) is 82.6 cm³/mol. The van der Waals surface area contributed by atoms with Crippen molar-refractivity contribution in [3.8, 4) is 5.69 Å². The van der Waals surface area contributed by atoms with Crippen molar-refractivity contribution < 1.29 is 0 Å². The molecule has 21 heavy (non-hydrogen) atoms. The second-order valence-electron chi connectivity index (χ2n) is 5.44. The fourth-order valence-corrected chi connectivity index (χ4v) is 2.85. The number of nitrogens with zero attached hydrogens (tertiary/aromatic N) is 3. The first kappa shape index (κ1) is 14.0. The van der Waals surface area contributed by atoms with Crippen LogP contribution in [0.4, 0.5) is 0 Å². The van der Waals surface area contributed by atoms with Crippen LogP contribution in [-0.4, -0.2) is 15.0 Å². The van der Waals surface area contributed by atoms with Crippen molar-refractivity contribution in [3.05, 3.63) is 53.9 Å². The molecule has 3 N–H and O–H groups in total. The van der Waals surface area contributed by atoms with E-state index in [1.54, 1.807) is 6.20 Å². The largest absolute Gasteiger partial charge is 0.271 e. The van der Waals surface area contributed by atoms with E-state index in [0.717, 1.165) is 17.8 Å². The topological polar surface area (TPSA) is 68.8 Å². The highest BCUT2D eigenvalue weighted by atomic mass is 15.4. The molecule has 2 aromatic rings. The fraction of sp³-hybridized carbons (Fsp3) is 0.375. The van der Waals surface area contributed by atoms with Gasteiger partial charge in [-0.3, -0.25) is 11.3 Å². The monoisotopic (exact) mass is 283 g/mol. The van der Waals surface area contributed by atoms with E-state index in [1.807, 2.05) is 35.0 Å². The maximum absolute atomic E-state index is 5.78. The summed E-state index contributed by atoms with van der Waals surface area (Å²) >= 11 is 0. The summed E-state index contributed by atoms with van der Waals surface area (Å²) in [6.07, 6.45) is 9.99. The molecule has 3 rings (SSSR count). The summed E-state index contributed by atoms with van der Waals surface area (Å²) in [7, 11) is 0. The number of hydrazine groups is 1. The van der Waals surface area contributed by atoms with Crippen molar-refractivity contribution in [2.75, 3.05) is 0 Å². The Balaban J connectivity index is 1.85. The van der Waals surface area contributed by atoms with Crippen molar-refractivity contribution in [1.29, 1.82) is 0 Å². The summed E-state index contributed by atoms with van der Waals surface area (Å²) in [5.74, 6) is 5.78. The van der Waals surface area contributed by atoms with E-state index < -0.39 is 0 Å². The zero-order chi connectivity index (χ0) is 14.5. The van der Waals surface area contributed by atoms with Crippen molar-refractivity contribution in [3.63, 3.8) is 0 Å². The minimum Gasteiger partial charge on any atom is -0.271 e. The molecule has 110 valence electrons. The van der Waals surface area contributed by atoms with Gasteiger partial charge in [0.25, 0.3) is 0 Å². The van der Waals surface area contributed by atoms with Gasteiger partial charge in [-0.2, -0.15) is 0 Å². The molecule has 1 atom stereocenters. The lowest BCUT2D eigenvalue weighted by Gasteiger charge is -2.20. The molecule has 0 spiro atoms. The van der Waals surface area contributed by atoms with Crippen molar-refractivity contribution in [1.82, 2.24) is 20.4 Å². The van der Waals surface area contributed by atoms with Crippen LogP contribution in [0.5, 0.6) is 0 Å². The smallest absolute Gasteiger partial charge is 0.0831 e. The Hall–Kier alpha value is -1.98. The van der Waals surface area contributed by atoms with Gasteiger partial charge in [-0.1, -0.05) is 35.1 Å². The van der Waals surface area contributed by atoms with E-state index in [9.17, 15) is 0 Å². The third kappa shape index (κ3) is 3.20. The van der Waals surface area contributed by atoms with Gasteiger partial charge in [0.1, 0.15) is 0 Å². The summed E-state index contributed by atoms with van der Waals surface area (Å²) in [4.78, 5) is 0. The third-order valence-electron chi connectivity index (χ3n) is 3.99. The van der Waals surface area contributed by atoms with E-state index in [0.29, 0.717) is 0 Å². The predicted octanol–water partition coefficient (Wildman–Crippen LogP) is 2.66. The van der Waals surface area contributed by atoms with Crippen molar-refractivity contribution >= 4 is 0 Å². The van der Waals surface area contributed by atoms with Gasteiger partial charge in [-0.05, 0) is 44.2 Å². The Morgan fingerprint density at radius 1 is 1.24 bits per heavy atom. The van der Waals surface area contributed by atoms with Crippen LogP contribution < -0.4 is 11.3 Å². The maximum atomic E-state index is 5.78. The maximum Gasteiger partial charge on any atom is 0.0831 e. The van der Waals surface area contributed by atoms with E-state index in [1.165, 1.54) is 31.3 Å². The van der Waals surface area contributed by atoms with Crippen LogP contribution in [0.2, 0.25) is 0 Å². The SMILES string of the molecule is NNC(CC1=CCCCC1)c1cnnn1-c1ccccc1. The van der Waals surface area contributed by atoms with Gasteiger partial charge in [0.2, 0.25) is 0 Å². The van der Waals surface area contributed by atoms with Crippen LogP contribution in [0.15, 0.2) is 48.2 Å². The first-order chi connectivity index (χ1) is 10.4. The molecule has 1 aromatic carbocycles. The Kier molecular flexibility index (Phi) is 4.43. The molecule has 0 radical (unpaired) electrons. The van der Waals surface area contributed by atoms with Gasteiger partial charge in [-0.15, -0.1) is 5.10 Å². The van der Waals surface area contributed by atoms with Crippen LogP contribution in [0, 0.1) is 0 Å². The van der Waals surface area contributed by atoms with E-state index >= 15 is 0 Å². The Labute approximate surface area is 124 Å². The molecule has 0 amide bonds. The lowest BCUT2D eigenvalue weighted by atomic mass is 9.93. The highest BCUT2D eigenvalue weighted by Crippen LogP contribution is 2.27. The molecule has 0 fully saturated rings. The van der Waals surface area contributed by atoms with Crippen LogP contribution in [0.1, 0.15) is 43.8 Å². The summed E-state index contributed by atoms with van der Waals surface area (Å²) < 4.78 is 1.86. The molecule has 0 aliphatic heterocycles. The number of nitrogens with one attached hydrogen (secondary N) is 1. The Bertz CT molecular complexity index is 602. The molecule has 1 aromatic heterocycles. The van der Waals surface area contributed by atoms with E-state index in [2.05, 4.69) is 21.8 Å². The van der Waals surface area contributed by atoms with Crippen molar-refractivity contribution in [2.45, 2.75) is 38.1 Å². The highest BCUT2D eigenvalue weighted by Gasteiger charge is 2.19. The number of hydrogen-bond acceptors (Lipinski definition) is 4. The number of hydrogen-bond donors (Lipinski definition) is 2. The van der Waals surface area contributed by atoms with Crippen LogP contribution in [0.3, 0.4) is 0 Å². The summed E-state index contributed by atoms with van der Waals surface area (Å²) in [5, 5.41) is 8.26. The van der Waals surface area contributed by atoms with Gasteiger partial charge in [0.15, 0.2) is 0 Å². The van der Waals surface area contributed by atoms with Crippen molar-refractivity contribution in [2.24, 2.45) is 5.84 Å². The molecule has 0 saturated heterocycles. The first-order valence-corrected chi connectivity index (χ1v) is 7.48. The minimum atomic E-state index is 0.0320. The normalized spacial score (nSPS) is 16.5. The standard InChI is InChI=1S/C16H21N5/c17-19-15(11-13-7-3-1-4-8-13)16-12-18-20-21(16)14-9-5-2-6-10-14/h2,5-7,9-10,12,15,19H,1,3-4,8,11,17H2. The summed E-state index contributed by atoms with van der Waals surface area (Å²) in [5.41, 5.74) is 6.40. The Morgan fingerprint density at radius 3 is 2.81 bits per heavy atom. The zero-order valence-corrected chi connectivity index (χ0v) is 12.1. The van der Waals surface area contributed by atoms with Gasteiger partial charge in [0, 0.05) is 0 Å². The van der Waals surface area contributed by atoms with Crippen LogP contribution in [0.25, 0.3) is 5.69 Å². The molecule has 0 saturated carbocycles.